The van der Waals surface area contributed by atoms with Gasteiger partial charge in [-0.3, -0.25) is 4.99 Å². The van der Waals surface area contributed by atoms with Crippen molar-refractivity contribution in [3.63, 3.8) is 0 Å². The Kier molecular flexibility index (Phi) is 7.74. The van der Waals surface area contributed by atoms with E-state index in [4.69, 9.17) is 6.42 Å². The molecule has 0 saturated carbocycles. The molecule has 0 saturated heterocycles. The van der Waals surface area contributed by atoms with E-state index in [-0.39, 0.29) is 0 Å². The average Bonchev–Trinajstić information content (AvgIpc) is 2.51. The lowest BCUT2D eigenvalue weighted by atomic mass is 10.2. The molecule has 0 amide bonds. The second kappa shape index (κ2) is 9.74. The lowest BCUT2D eigenvalue weighted by Gasteiger charge is -2.23. The molecule has 0 aliphatic heterocycles. The van der Waals surface area contributed by atoms with Crippen molar-refractivity contribution in [2.75, 3.05) is 38.1 Å². The largest absolute Gasteiger partial charge is 0.372 e. The number of hydrogen-bond donors (Lipinski definition) is 2. The molecule has 0 fully saturated rings. The topological polar surface area (TPSA) is 39.7 Å². The van der Waals surface area contributed by atoms with Crippen LogP contribution < -0.4 is 15.5 Å². The van der Waals surface area contributed by atoms with Crippen molar-refractivity contribution in [1.29, 1.82) is 0 Å². The third-order valence-electron chi connectivity index (χ3n) is 2.98. The maximum atomic E-state index is 5.21. The van der Waals surface area contributed by atoms with Crippen molar-refractivity contribution in [2.24, 2.45) is 4.99 Å². The third kappa shape index (κ3) is 5.66. The van der Waals surface area contributed by atoms with E-state index in [0.717, 1.165) is 32.0 Å². The maximum absolute atomic E-state index is 5.21. The molecule has 0 aromatic heterocycles. The smallest absolute Gasteiger partial charge is 0.191 e. The molecule has 0 radical (unpaired) electrons. The van der Waals surface area contributed by atoms with Gasteiger partial charge in [-0.15, -0.1) is 6.42 Å². The molecular weight excluding hydrogens is 248 g/mol. The van der Waals surface area contributed by atoms with Gasteiger partial charge in [-0.1, -0.05) is 24.1 Å². The summed E-state index contributed by atoms with van der Waals surface area (Å²) < 4.78 is 0. The summed E-state index contributed by atoms with van der Waals surface area (Å²) in [6.45, 7) is 5.56. The zero-order valence-corrected chi connectivity index (χ0v) is 12.4. The Morgan fingerprint density at radius 1 is 1.30 bits per heavy atom. The second-order valence-electron chi connectivity index (χ2n) is 4.33. The van der Waals surface area contributed by atoms with Gasteiger partial charge in [-0.2, -0.15) is 0 Å². The Balaban J connectivity index is 2.30. The second-order valence-corrected chi connectivity index (χ2v) is 4.33. The number of benzene rings is 1. The maximum Gasteiger partial charge on any atom is 0.191 e. The van der Waals surface area contributed by atoms with Gasteiger partial charge in [0.1, 0.15) is 0 Å². The minimum absolute atomic E-state index is 0.491. The summed E-state index contributed by atoms with van der Waals surface area (Å²) in [6.07, 6.45) is 6.25. The Hall–Kier alpha value is -2.15. The van der Waals surface area contributed by atoms with E-state index in [1.54, 1.807) is 7.05 Å². The number of para-hydroxylation sites is 1. The minimum Gasteiger partial charge on any atom is -0.372 e. The van der Waals surface area contributed by atoms with E-state index in [2.05, 4.69) is 57.6 Å². The Labute approximate surface area is 122 Å². The number of hydrogen-bond acceptors (Lipinski definition) is 2. The van der Waals surface area contributed by atoms with E-state index in [1.165, 1.54) is 5.69 Å². The summed E-state index contributed by atoms with van der Waals surface area (Å²) in [4.78, 5) is 6.47. The molecule has 0 aliphatic rings. The van der Waals surface area contributed by atoms with E-state index in [9.17, 15) is 0 Å². The molecule has 0 heterocycles. The number of rotatable bonds is 7. The average molecular weight is 272 g/mol. The Bertz CT molecular complexity index is 434. The van der Waals surface area contributed by atoms with Gasteiger partial charge in [0.05, 0.1) is 6.54 Å². The predicted octanol–water partition coefficient (Wildman–Crippen LogP) is 1.70. The van der Waals surface area contributed by atoms with Crippen molar-refractivity contribution in [3.05, 3.63) is 30.3 Å². The molecule has 20 heavy (non-hydrogen) atoms. The zero-order valence-electron chi connectivity index (χ0n) is 12.4. The summed E-state index contributed by atoms with van der Waals surface area (Å²) in [6, 6.07) is 10.5. The highest BCUT2D eigenvalue weighted by atomic mass is 15.2. The van der Waals surface area contributed by atoms with Crippen LogP contribution in [0, 0.1) is 12.3 Å². The molecule has 0 spiro atoms. The van der Waals surface area contributed by atoms with Crippen LogP contribution in [0.2, 0.25) is 0 Å². The Morgan fingerprint density at radius 2 is 2.05 bits per heavy atom. The van der Waals surface area contributed by atoms with Gasteiger partial charge >= 0.3 is 0 Å². The van der Waals surface area contributed by atoms with Gasteiger partial charge in [0.25, 0.3) is 0 Å². The van der Waals surface area contributed by atoms with Crippen LogP contribution in [0.3, 0.4) is 0 Å². The standard InChI is InChI=1S/C16H24N4/c1-4-12-18-16(17-3)19-13-9-14-20(5-2)15-10-7-6-8-11-15/h1,6-8,10-11H,5,9,12-14H2,2-3H3,(H2,17,18,19). The van der Waals surface area contributed by atoms with E-state index < -0.39 is 0 Å². The van der Waals surface area contributed by atoms with E-state index >= 15 is 0 Å². The molecule has 1 rings (SSSR count). The van der Waals surface area contributed by atoms with Crippen LogP contribution >= 0.6 is 0 Å². The molecule has 108 valence electrons. The quantitative estimate of drug-likeness (QED) is 0.343. The summed E-state index contributed by atoms with van der Waals surface area (Å²) in [5, 5.41) is 6.29. The lowest BCUT2D eigenvalue weighted by Crippen LogP contribution is -2.38. The van der Waals surface area contributed by atoms with Crippen LogP contribution in [-0.4, -0.2) is 39.2 Å². The van der Waals surface area contributed by atoms with Gasteiger partial charge < -0.3 is 15.5 Å². The fourth-order valence-corrected chi connectivity index (χ4v) is 1.94. The molecule has 4 nitrogen and oxygen atoms in total. The normalized spacial score (nSPS) is 10.8. The number of nitrogens with one attached hydrogen (secondary N) is 2. The molecule has 0 aliphatic carbocycles. The highest BCUT2D eigenvalue weighted by molar-refractivity contribution is 5.79. The molecule has 4 heteroatoms. The number of aliphatic imine (C=N–C) groups is 1. The van der Waals surface area contributed by atoms with Crippen molar-refractivity contribution in [2.45, 2.75) is 13.3 Å². The van der Waals surface area contributed by atoms with Crippen molar-refractivity contribution < 1.29 is 0 Å². The summed E-state index contributed by atoms with van der Waals surface area (Å²) in [5.41, 5.74) is 1.27. The van der Waals surface area contributed by atoms with Gasteiger partial charge in [-0.25, -0.2) is 0 Å². The molecule has 2 N–H and O–H groups in total. The number of nitrogens with zero attached hydrogens (tertiary/aromatic N) is 2. The minimum atomic E-state index is 0.491. The first-order chi connectivity index (χ1) is 9.81. The fraction of sp³-hybridized carbons (Fsp3) is 0.438. The van der Waals surface area contributed by atoms with Crippen LogP contribution in [0.1, 0.15) is 13.3 Å². The van der Waals surface area contributed by atoms with Crippen LogP contribution in [-0.2, 0) is 0 Å². The van der Waals surface area contributed by atoms with Gasteiger partial charge in [-0.05, 0) is 25.5 Å². The number of anilines is 1. The first kappa shape index (κ1) is 15.9. The molecule has 1 aromatic rings. The van der Waals surface area contributed by atoms with Crippen molar-refractivity contribution >= 4 is 11.6 Å². The summed E-state index contributed by atoms with van der Waals surface area (Å²) in [5.74, 6) is 3.29. The van der Waals surface area contributed by atoms with Crippen LogP contribution in [0.5, 0.6) is 0 Å². The predicted molar refractivity (Wildman–Crippen MR) is 87.1 cm³/mol. The zero-order chi connectivity index (χ0) is 14.6. The molecule has 1 aromatic carbocycles. The number of terminal acetylenes is 1. The highest BCUT2D eigenvalue weighted by Gasteiger charge is 2.03. The summed E-state index contributed by atoms with van der Waals surface area (Å²) >= 11 is 0. The fourth-order valence-electron chi connectivity index (χ4n) is 1.94. The first-order valence-electron chi connectivity index (χ1n) is 6.99. The summed E-state index contributed by atoms with van der Waals surface area (Å²) in [7, 11) is 1.74. The van der Waals surface area contributed by atoms with Crippen molar-refractivity contribution in [1.82, 2.24) is 10.6 Å². The SMILES string of the molecule is C#CCNC(=NC)NCCCN(CC)c1ccccc1. The third-order valence-corrected chi connectivity index (χ3v) is 2.98. The molecular formula is C16H24N4. The highest BCUT2D eigenvalue weighted by Crippen LogP contribution is 2.12. The first-order valence-corrected chi connectivity index (χ1v) is 6.99. The monoisotopic (exact) mass is 272 g/mol. The van der Waals surface area contributed by atoms with Crippen LogP contribution in [0.25, 0.3) is 0 Å². The van der Waals surface area contributed by atoms with E-state index in [1.807, 2.05) is 6.07 Å². The molecule has 0 unspecified atom stereocenters. The lowest BCUT2D eigenvalue weighted by molar-refractivity contribution is 0.714. The Morgan fingerprint density at radius 3 is 2.65 bits per heavy atom. The molecule has 0 atom stereocenters. The van der Waals surface area contributed by atoms with Crippen molar-refractivity contribution in [3.8, 4) is 12.3 Å². The van der Waals surface area contributed by atoms with Crippen LogP contribution in [0.4, 0.5) is 5.69 Å². The number of guanidine groups is 1. The van der Waals surface area contributed by atoms with Gasteiger partial charge in [0, 0.05) is 32.4 Å². The van der Waals surface area contributed by atoms with Crippen LogP contribution in [0.15, 0.2) is 35.3 Å². The van der Waals surface area contributed by atoms with E-state index in [0.29, 0.717) is 6.54 Å². The van der Waals surface area contributed by atoms with Gasteiger partial charge in [0.2, 0.25) is 0 Å². The molecule has 0 bridgehead atoms. The van der Waals surface area contributed by atoms with Gasteiger partial charge in [0.15, 0.2) is 5.96 Å².